The maximum Gasteiger partial charge on any atom is 0.321 e. The number of nitrogen functional groups attached to an aromatic ring is 1. The van der Waals surface area contributed by atoms with Gasteiger partial charge in [0.1, 0.15) is 5.82 Å². The third-order valence-electron chi connectivity index (χ3n) is 4.61. The van der Waals surface area contributed by atoms with Gasteiger partial charge < -0.3 is 29.9 Å². The Morgan fingerprint density at radius 1 is 1.07 bits per heavy atom. The predicted molar refractivity (Wildman–Crippen MR) is 145 cm³/mol. The Bertz CT molecular complexity index is 1640. The minimum Gasteiger partial charge on any atom is -0.481 e. The molecule has 0 unspecified atom stereocenters. The zero-order valence-electron chi connectivity index (χ0n) is 20.8. The molecule has 1 aromatic carbocycles. The van der Waals surface area contributed by atoms with E-state index in [9.17, 15) is 18.0 Å². The molecule has 5 N–H and O–H groups in total. The molecule has 0 saturated carbocycles. The van der Waals surface area contributed by atoms with E-state index in [1.807, 2.05) is 0 Å². The summed E-state index contributed by atoms with van der Waals surface area (Å²) >= 11 is 2.17. The van der Waals surface area contributed by atoms with Crippen LogP contribution in [0.4, 0.5) is 17.3 Å². The minimum absolute atomic E-state index is 0.0438. The molecule has 40 heavy (non-hydrogen) atoms. The smallest absolute Gasteiger partial charge is 0.321 e. The maximum absolute atomic E-state index is 12.8. The number of hydrogen-bond acceptors (Lipinski definition) is 15. The number of benzene rings is 1. The fourth-order valence-corrected chi connectivity index (χ4v) is 5.19. The molecular formula is C21H21N9O7S3. The summed E-state index contributed by atoms with van der Waals surface area (Å²) in [6, 6.07) is 7.93. The summed E-state index contributed by atoms with van der Waals surface area (Å²) in [6.45, 7) is 0. The Balaban J connectivity index is 1.28. The van der Waals surface area contributed by atoms with Crippen LogP contribution in [0.3, 0.4) is 0 Å². The summed E-state index contributed by atoms with van der Waals surface area (Å²) in [5, 5.41) is 10.9. The Hall–Kier alpha value is -4.36. The fourth-order valence-electron chi connectivity index (χ4n) is 2.90. The number of amides is 1. The lowest BCUT2D eigenvalue weighted by atomic mass is 10.3. The van der Waals surface area contributed by atoms with Crippen molar-refractivity contribution in [2.45, 2.75) is 21.0 Å². The van der Waals surface area contributed by atoms with Gasteiger partial charge in [0.2, 0.25) is 17.7 Å². The number of aromatic amines is 1. The first-order valence-corrected chi connectivity index (χ1v) is 14.4. The molecule has 0 saturated heterocycles. The van der Waals surface area contributed by atoms with E-state index < -0.39 is 10.0 Å². The van der Waals surface area contributed by atoms with E-state index in [1.165, 1.54) is 50.6 Å². The van der Waals surface area contributed by atoms with Crippen molar-refractivity contribution in [1.29, 1.82) is 0 Å². The van der Waals surface area contributed by atoms with Crippen molar-refractivity contribution in [2.75, 3.05) is 35.7 Å². The highest BCUT2D eigenvalue weighted by Crippen LogP contribution is 2.23. The van der Waals surface area contributed by atoms with Crippen molar-refractivity contribution in [1.82, 2.24) is 30.1 Å². The molecule has 0 aliphatic rings. The van der Waals surface area contributed by atoms with Gasteiger partial charge in [0.25, 0.3) is 20.8 Å². The number of thioether (sulfide) groups is 2. The molecule has 0 bridgehead atoms. The van der Waals surface area contributed by atoms with Gasteiger partial charge in [0.05, 0.1) is 30.6 Å². The SMILES string of the molecule is COc1cc(NS(=O)(=O)c2ccc(NC(=O)CSc3nnc(CSc4nc(N)cc(=O)[nH]4)o3)cc2)nc(OC)n1. The summed E-state index contributed by atoms with van der Waals surface area (Å²) in [6.07, 6.45) is 0. The number of H-pyrrole nitrogens is 1. The molecule has 3 heterocycles. The number of nitrogens with one attached hydrogen (secondary N) is 3. The molecular weight excluding hydrogens is 586 g/mol. The molecule has 4 rings (SSSR count). The van der Waals surface area contributed by atoms with Crippen LogP contribution in [0.2, 0.25) is 0 Å². The molecule has 210 valence electrons. The number of carbonyl (C=O) groups excluding carboxylic acids is 1. The first-order chi connectivity index (χ1) is 19.1. The first kappa shape index (κ1) is 28.6. The normalized spacial score (nSPS) is 11.2. The van der Waals surface area contributed by atoms with Crippen LogP contribution >= 0.6 is 23.5 Å². The predicted octanol–water partition coefficient (Wildman–Crippen LogP) is 1.37. The number of rotatable bonds is 12. The van der Waals surface area contributed by atoms with Crippen molar-refractivity contribution in [3.8, 4) is 11.9 Å². The van der Waals surface area contributed by atoms with Gasteiger partial charge in [-0.25, -0.2) is 13.4 Å². The summed E-state index contributed by atoms with van der Waals surface area (Å²) in [4.78, 5) is 38.1. The van der Waals surface area contributed by atoms with Crippen molar-refractivity contribution in [3.63, 3.8) is 0 Å². The van der Waals surface area contributed by atoms with Gasteiger partial charge in [-0.2, -0.15) is 9.97 Å². The standard InChI is InChI=1S/C21H21N9O7S3/c1-35-17-8-14(25-19(27-17)36-2)30-40(33,34)12-5-3-11(4-6-12)23-16(32)9-39-21-29-28-18(37-21)10-38-20-24-13(22)7-15(31)26-20/h3-8H,9-10H2,1-2H3,(H,23,32)(H,25,27,30)(H3,22,24,26,31). The molecule has 4 aromatic rings. The lowest BCUT2D eigenvalue weighted by molar-refractivity contribution is -0.113. The Morgan fingerprint density at radius 3 is 2.55 bits per heavy atom. The largest absolute Gasteiger partial charge is 0.481 e. The molecule has 0 atom stereocenters. The third-order valence-corrected chi connectivity index (χ3v) is 7.66. The number of ether oxygens (including phenoxy) is 2. The highest BCUT2D eigenvalue weighted by Gasteiger charge is 2.17. The molecule has 0 spiro atoms. The molecule has 0 aliphatic carbocycles. The van der Waals surface area contributed by atoms with Crippen LogP contribution < -0.4 is 30.8 Å². The van der Waals surface area contributed by atoms with Gasteiger partial charge in [-0.3, -0.25) is 14.3 Å². The third kappa shape index (κ3) is 7.83. The van der Waals surface area contributed by atoms with Crippen molar-refractivity contribution < 1.29 is 27.1 Å². The minimum atomic E-state index is -4.00. The van der Waals surface area contributed by atoms with Gasteiger partial charge in [-0.15, -0.1) is 10.2 Å². The average molecular weight is 608 g/mol. The van der Waals surface area contributed by atoms with Crippen molar-refractivity contribution in [2.24, 2.45) is 0 Å². The van der Waals surface area contributed by atoms with E-state index in [0.29, 0.717) is 10.8 Å². The maximum atomic E-state index is 12.8. The topological polar surface area (TPSA) is 230 Å². The van der Waals surface area contributed by atoms with Crippen molar-refractivity contribution >= 4 is 56.8 Å². The monoisotopic (exact) mass is 607 g/mol. The Kier molecular flexibility index (Phi) is 9.07. The first-order valence-electron chi connectivity index (χ1n) is 11.0. The number of anilines is 3. The number of methoxy groups -OCH3 is 2. The van der Waals surface area contributed by atoms with Gasteiger partial charge in [0, 0.05) is 17.8 Å². The number of hydrogen-bond donors (Lipinski definition) is 4. The highest BCUT2D eigenvalue weighted by molar-refractivity contribution is 7.99. The van der Waals surface area contributed by atoms with Crippen LogP contribution in [0.5, 0.6) is 11.9 Å². The van der Waals surface area contributed by atoms with Gasteiger partial charge in [-0.05, 0) is 24.3 Å². The van der Waals surface area contributed by atoms with Crippen LogP contribution in [-0.2, 0) is 20.6 Å². The molecule has 0 radical (unpaired) electrons. The molecule has 19 heteroatoms. The van der Waals surface area contributed by atoms with E-state index in [-0.39, 0.29) is 62.5 Å². The Morgan fingerprint density at radius 2 is 1.85 bits per heavy atom. The highest BCUT2D eigenvalue weighted by atomic mass is 32.2. The lowest BCUT2D eigenvalue weighted by Crippen LogP contribution is -2.16. The van der Waals surface area contributed by atoms with Gasteiger partial charge in [-0.1, -0.05) is 23.5 Å². The lowest BCUT2D eigenvalue weighted by Gasteiger charge is -2.10. The summed E-state index contributed by atoms with van der Waals surface area (Å²) in [5.41, 5.74) is 5.55. The quantitative estimate of drug-likeness (QED) is 0.132. The van der Waals surface area contributed by atoms with Crippen LogP contribution in [0.1, 0.15) is 5.89 Å². The second kappa shape index (κ2) is 12.7. The number of sulfonamides is 1. The zero-order chi connectivity index (χ0) is 28.7. The van der Waals surface area contributed by atoms with Gasteiger partial charge in [0.15, 0.2) is 11.0 Å². The zero-order valence-corrected chi connectivity index (χ0v) is 23.2. The number of aromatic nitrogens is 6. The summed E-state index contributed by atoms with van der Waals surface area (Å²) in [7, 11) is -1.29. The summed E-state index contributed by atoms with van der Waals surface area (Å²) < 4.78 is 43.3. The number of carbonyl (C=O) groups is 1. The van der Waals surface area contributed by atoms with E-state index in [0.717, 1.165) is 23.5 Å². The van der Waals surface area contributed by atoms with Crippen LogP contribution in [0.15, 0.2) is 60.9 Å². The Labute approximate surface area is 235 Å². The summed E-state index contributed by atoms with van der Waals surface area (Å²) in [5.74, 6) is 0.237. The number of nitrogens with two attached hydrogens (primary N) is 1. The molecule has 0 fully saturated rings. The van der Waals surface area contributed by atoms with Gasteiger partial charge >= 0.3 is 6.01 Å². The molecule has 3 aromatic heterocycles. The number of nitrogens with zero attached hydrogens (tertiary/aromatic N) is 5. The van der Waals surface area contributed by atoms with E-state index in [4.69, 9.17) is 19.6 Å². The van der Waals surface area contributed by atoms with E-state index in [2.05, 4.69) is 40.2 Å². The molecule has 0 aliphatic heterocycles. The van der Waals surface area contributed by atoms with Crippen LogP contribution in [0.25, 0.3) is 0 Å². The average Bonchev–Trinajstić information content (AvgIpc) is 3.38. The van der Waals surface area contributed by atoms with Crippen molar-refractivity contribution in [3.05, 3.63) is 52.6 Å². The van der Waals surface area contributed by atoms with E-state index in [1.54, 1.807) is 0 Å². The molecule has 1 amide bonds. The molecule has 16 nitrogen and oxygen atoms in total. The fraction of sp³-hybridized carbons (Fsp3) is 0.190. The van der Waals surface area contributed by atoms with Crippen LogP contribution in [0, 0.1) is 0 Å². The second-order valence-electron chi connectivity index (χ2n) is 7.47. The van der Waals surface area contributed by atoms with E-state index >= 15 is 0 Å². The second-order valence-corrected chi connectivity index (χ2v) is 11.0. The van der Waals surface area contributed by atoms with Crippen LogP contribution in [-0.4, -0.2) is 64.4 Å².